The zero-order valence-corrected chi connectivity index (χ0v) is 23.9. The highest BCUT2D eigenvalue weighted by Crippen LogP contribution is 2.34. The van der Waals surface area contributed by atoms with E-state index in [0.29, 0.717) is 50.4 Å². The molecule has 43 heavy (non-hydrogen) atoms. The fourth-order valence-corrected chi connectivity index (χ4v) is 6.06. The molecule has 8 nitrogen and oxygen atoms in total. The summed E-state index contributed by atoms with van der Waals surface area (Å²) in [5.74, 6) is -0.764. The first-order valence-electron chi connectivity index (χ1n) is 14.3. The van der Waals surface area contributed by atoms with E-state index < -0.39 is 5.41 Å². The summed E-state index contributed by atoms with van der Waals surface area (Å²) < 4.78 is 32.6. The molecule has 1 atom stereocenters. The molecule has 0 bridgehead atoms. The maximum Gasteiger partial charge on any atom is 0.237 e. The molecule has 1 unspecified atom stereocenters. The second-order valence-corrected chi connectivity index (χ2v) is 11.3. The molecule has 0 spiro atoms. The standard InChI is InChI=1S/C33H33F2N5O3/c1-43-21-33(32(42)36-27-9-10-29-28(18-27)31(38-37-29)23-5-7-25(34)8-6-23)13-16-39(20-33)19-30(41)40-14-11-22(12-15-40)24-3-2-4-26(35)17-24/h2-11,17-18H,12-16,19-21H2,1H3,(H,36,42)(H,37,38). The minimum absolute atomic E-state index is 0.00176. The molecule has 3 heterocycles. The number of nitrogens with zero attached hydrogens (tertiary/aromatic N) is 3. The average molecular weight is 586 g/mol. The number of nitrogens with one attached hydrogen (secondary N) is 2. The molecule has 1 saturated heterocycles. The third kappa shape index (κ3) is 6.07. The monoisotopic (exact) mass is 585 g/mol. The number of benzene rings is 3. The molecule has 2 aliphatic rings. The van der Waals surface area contributed by atoms with Gasteiger partial charge < -0.3 is 15.0 Å². The summed E-state index contributed by atoms with van der Waals surface area (Å²) in [6.45, 7) is 2.46. The number of hydrogen-bond acceptors (Lipinski definition) is 5. The van der Waals surface area contributed by atoms with Gasteiger partial charge in [-0.15, -0.1) is 0 Å². The molecule has 0 radical (unpaired) electrons. The zero-order chi connectivity index (χ0) is 30.0. The molecule has 1 fully saturated rings. The Morgan fingerprint density at radius 3 is 2.60 bits per heavy atom. The Hall–Kier alpha value is -4.41. The summed E-state index contributed by atoms with van der Waals surface area (Å²) in [5.41, 5.74) is 3.91. The van der Waals surface area contributed by atoms with Gasteiger partial charge >= 0.3 is 0 Å². The highest BCUT2D eigenvalue weighted by molar-refractivity contribution is 6.00. The predicted molar refractivity (Wildman–Crippen MR) is 161 cm³/mol. The molecule has 4 aromatic rings. The first-order valence-corrected chi connectivity index (χ1v) is 14.3. The fourth-order valence-electron chi connectivity index (χ4n) is 6.06. The van der Waals surface area contributed by atoms with Crippen LogP contribution in [0.5, 0.6) is 0 Å². The van der Waals surface area contributed by atoms with Crippen LogP contribution >= 0.6 is 0 Å². The van der Waals surface area contributed by atoms with E-state index >= 15 is 0 Å². The van der Waals surface area contributed by atoms with Gasteiger partial charge in [-0.2, -0.15) is 5.10 Å². The minimum atomic E-state index is -0.813. The Bertz CT molecular complexity index is 1690. The van der Waals surface area contributed by atoms with E-state index in [1.807, 2.05) is 35.2 Å². The molecule has 0 saturated carbocycles. The number of hydrogen-bond donors (Lipinski definition) is 2. The van der Waals surface area contributed by atoms with E-state index in [-0.39, 0.29) is 36.6 Å². The van der Waals surface area contributed by atoms with Crippen molar-refractivity contribution in [2.45, 2.75) is 12.8 Å². The Balaban J connectivity index is 1.11. The predicted octanol–water partition coefficient (Wildman–Crippen LogP) is 5.10. The molecule has 6 rings (SSSR count). The van der Waals surface area contributed by atoms with Crippen LogP contribution < -0.4 is 5.32 Å². The Morgan fingerprint density at radius 1 is 1.02 bits per heavy atom. The number of carbonyl (C=O) groups is 2. The van der Waals surface area contributed by atoms with Gasteiger partial charge in [0.15, 0.2) is 0 Å². The maximum atomic E-state index is 13.7. The second kappa shape index (κ2) is 12.1. The van der Waals surface area contributed by atoms with Crippen molar-refractivity contribution in [1.29, 1.82) is 0 Å². The number of fused-ring (bicyclic) bond motifs is 1. The van der Waals surface area contributed by atoms with Gasteiger partial charge in [0.1, 0.15) is 11.6 Å². The van der Waals surface area contributed by atoms with Crippen LogP contribution in [0.4, 0.5) is 14.5 Å². The summed E-state index contributed by atoms with van der Waals surface area (Å²) in [5, 5.41) is 11.3. The number of likely N-dealkylation sites (tertiary alicyclic amines) is 1. The third-order valence-electron chi connectivity index (χ3n) is 8.39. The average Bonchev–Trinajstić information content (AvgIpc) is 3.62. The van der Waals surface area contributed by atoms with Gasteiger partial charge in [0.25, 0.3) is 0 Å². The van der Waals surface area contributed by atoms with E-state index in [0.717, 1.165) is 27.6 Å². The number of H-pyrrole nitrogens is 1. The lowest BCUT2D eigenvalue weighted by molar-refractivity contribution is -0.133. The highest BCUT2D eigenvalue weighted by atomic mass is 19.1. The van der Waals surface area contributed by atoms with Crippen molar-refractivity contribution in [2.24, 2.45) is 5.41 Å². The Morgan fingerprint density at radius 2 is 1.86 bits per heavy atom. The van der Waals surface area contributed by atoms with E-state index in [1.54, 1.807) is 30.2 Å². The zero-order valence-electron chi connectivity index (χ0n) is 23.9. The summed E-state index contributed by atoms with van der Waals surface area (Å²) in [7, 11) is 1.57. The van der Waals surface area contributed by atoms with Gasteiger partial charge in [-0.05, 0) is 85.1 Å². The lowest BCUT2D eigenvalue weighted by atomic mass is 9.87. The smallest absolute Gasteiger partial charge is 0.237 e. The molecule has 222 valence electrons. The summed E-state index contributed by atoms with van der Waals surface area (Å²) >= 11 is 0. The van der Waals surface area contributed by atoms with Crippen LogP contribution in [0.1, 0.15) is 18.4 Å². The van der Waals surface area contributed by atoms with Crippen LogP contribution in [0, 0.1) is 17.0 Å². The van der Waals surface area contributed by atoms with Crippen molar-refractivity contribution in [2.75, 3.05) is 51.8 Å². The number of ether oxygens (including phenoxy) is 1. The van der Waals surface area contributed by atoms with Crippen molar-refractivity contribution in [3.8, 4) is 11.3 Å². The summed E-state index contributed by atoms with van der Waals surface area (Å²) in [4.78, 5) is 30.7. The summed E-state index contributed by atoms with van der Waals surface area (Å²) in [6, 6.07) is 18.1. The van der Waals surface area contributed by atoms with Gasteiger partial charge in [-0.25, -0.2) is 8.78 Å². The Kier molecular flexibility index (Phi) is 8.05. The van der Waals surface area contributed by atoms with Crippen molar-refractivity contribution in [3.05, 3.63) is 90.0 Å². The van der Waals surface area contributed by atoms with Crippen molar-refractivity contribution < 1.29 is 23.1 Å². The number of methoxy groups -OCH3 is 1. The number of amides is 2. The number of anilines is 1. The van der Waals surface area contributed by atoms with Crippen LogP contribution in [0.15, 0.2) is 72.8 Å². The number of carbonyl (C=O) groups excluding carboxylic acids is 2. The number of aromatic amines is 1. The molecular weight excluding hydrogens is 552 g/mol. The van der Waals surface area contributed by atoms with Crippen molar-refractivity contribution in [3.63, 3.8) is 0 Å². The van der Waals surface area contributed by atoms with Gasteiger partial charge in [0, 0.05) is 43.4 Å². The Labute approximate surface area is 248 Å². The molecule has 10 heteroatoms. The van der Waals surface area contributed by atoms with Gasteiger partial charge in [-0.3, -0.25) is 19.6 Å². The van der Waals surface area contributed by atoms with E-state index in [1.165, 1.54) is 24.3 Å². The van der Waals surface area contributed by atoms with Gasteiger partial charge in [0.05, 0.1) is 29.8 Å². The molecule has 1 aromatic heterocycles. The van der Waals surface area contributed by atoms with Gasteiger partial charge in [0.2, 0.25) is 11.8 Å². The topological polar surface area (TPSA) is 90.6 Å². The molecule has 3 aromatic carbocycles. The van der Waals surface area contributed by atoms with Crippen LogP contribution in [0.3, 0.4) is 0 Å². The third-order valence-corrected chi connectivity index (χ3v) is 8.39. The second-order valence-electron chi connectivity index (χ2n) is 11.3. The summed E-state index contributed by atoms with van der Waals surface area (Å²) in [6.07, 6.45) is 3.20. The van der Waals surface area contributed by atoms with Gasteiger partial charge in [-0.1, -0.05) is 18.2 Å². The first kappa shape index (κ1) is 28.7. The van der Waals surface area contributed by atoms with Crippen LogP contribution in [0.25, 0.3) is 27.7 Å². The van der Waals surface area contributed by atoms with E-state index in [4.69, 9.17) is 4.74 Å². The lowest BCUT2D eigenvalue weighted by Gasteiger charge is -2.30. The van der Waals surface area contributed by atoms with Crippen molar-refractivity contribution >= 4 is 34.0 Å². The van der Waals surface area contributed by atoms with Crippen molar-refractivity contribution in [1.82, 2.24) is 20.0 Å². The van der Waals surface area contributed by atoms with Crippen LogP contribution in [-0.2, 0) is 14.3 Å². The molecule has 2 amide bonds. The van der Waals surface area contributed by atoms with Crippen LogP contribution in [0.2, 0.25) is 0 Å². The lowest BCUT2D eigenvalue weighted by Crippen LogP contribution is -2.45. The molecule has 2 N–H and O–H groups in total. The fraction of sp³-hybridized carbons (Fsp3) is 0.303. The number of aromatic nitrogens is 2. The van der Waals surface area contributed by atoms with E-state index in [9.17, 15) is 18.4 Å². The molecule has 0 aliphatic carbocycles. The molecular formula is C33H33F2N5O3. The SMILES string of the molecule is COCC1(C(=O)Nc2ccc3[nH]nc(-c4ccc(F)cc4)c3c2)CCN(CC(=O)N2CC=C(c3cccc(F)c3)CC2)C1. The maximum absolute atomic E-state index is 13.7. The normalized spacial score (nSPS) is 19.0. The first-order chi connectivity index (χ1) is 20.8. The minimum Gasteiger partial charge on any atom is -0.384 e. The number of halogens is 2. The highest BCUT2D eigenvalue weighted by Gasteiger charge is 2.45. The van der Waals surface area contributed by atoms with E-state index in [2.05, 4.69) is 15.5 Å². The molecule has 2 aliphatic heterocycles. The van der Waals surface area contributed by atoms with Crippen LogP contribution in [-0.4, -0.2) is 78.3 Å². The number of rotatable bonds is 8. The largest absolute Gasteiger partial charge is 0.384 e. The quantitative estimate of drug-likeness (QED) is 0.300.